The quantitative estimate of drug-likeness (QED) is 0.625. The number of carbonyl (C=O) groups excluding carboxylic acids is 2. The lowest BCUT2D eigenvalue weighted by Gasteiger charge is -2.17. The lowest BCUT2D eigenvalue weighted by Crippen LogP contribution is -2.28. The van der Waals surface area contributed by atoms with Gasteiger partial charge in [0.2, 0.25) is 5.91 Å². The maximum Gasteiger partial charge on any atom is 0.318 e. The van der Waals surface area contributed by atoms with Gasteiger partial charge >= 0.3 is 5.97 Å². The van der Waals surface area contributed by atoms with Gasteiger partial charge in [-0.2, -0.15) is 0 Å². The topological polar surface area (TPSA) is 75.6 Å². The van der Waals surface area contributed by atoms with Crippen molar-refractivity contribution in [1.29, 1.82) is 0 Å². The van der Waals surface area contributed by atoms with E-state index in [0.29, 0.717) is 24.0 Å². The highest BCUT2D eigenvalue weighted by atomic mass is 19.1. The number of ether oxygens (including phenoxy) is 1. The molecule has 3 rings (SSSR count). The first kappa shape index (κ1) is 14.0. The fourth-order valence-corrected chi connectivity index (χ4v) is 3.22. The normalized spacial score (nSPS) is 27.4. The van der Waals surface area contributed by atoms with Crippen molar-refractivity contribution in [2.45, 2.75) is 24.9 Å². The van der Waals surface area contributed by atoms with E-state index in [4.69, 9.17) is 0 Å². The van der Waals surface area contributed by atoms with E-state index in [-0.39, 0.29) is 6.54 Å². The highest BCUT2D eigenvalue weighted by Crippen LogP contribution is 2.38. The second-order valence-electron chi connectivity index (χ2n) is 5.48. The Labute approximate surface area is 121 Å². The lowest BCUT2D eigenvalue weighted by atomic mass is 9.86. The lowest BCUT2D eigenvalue weighted by molar-refractivity contribution is -0.149. The van der Waals surface area contributed by atoms with Crippen molar-refractivity contribution in [2.24, 2.45) is 5.92 Å². The number of aliphatic hydroxyl groups is 1. The second kappa shape index (κ2) is 5.11. The van der Waals surface area contributed by atoms with Crippen LogP contribution in [0.3, 0.4) is 0 Å². The smallest absolute Gasteiger partial charge is 0.318 e. The summed E-state index contributed by atoms with van der Waals surface area (Å²) < 4.78 is 19.0. The molecule has 0 saturated carbocycles. The molecule has 1 heterocycles. The van der Waals surface area contributed by atoms with Crippen LogP contribution in [0.2, 0.25) is 0 Å². The van der Waals surface area contributed by atoms with Gasteiger partial charge in [0, 0.05) is 12.5 Å². The van der Waals surface area contributed by atoms with Crippen LogP contribution in [0.5, 0.6) is 0 Å². The number of fused-ring (bicyclic) bond motifs is 1. The minimum Gasteiger partial charge on any atom is -0.468 e. The highest BCUT2D eigenvalue weighted by Gasteiger charge is 2.43. The molecule has 1 unspecified atom stereocenters. The molecule has 0 aromatic heterocycles. The first-order chi connectivity index (χ1) is 10.0. The molecular formula is C15H16FNO4. The number of hydrogen-bond acceptors (Lipinski definition) is 4. The van der Waals surface area contributed by atoms with Gasteiger partial charge in [0.25, 0.3) is 0 Å². The average Bonchev–Trinajstić information content (AvgIpc) is 3.01. The summed E-state index contributed by atoms with van der Waals surface area (Å²) in [5.41, 5.74) is 1.81. The Bertz CT molecular complexity index is 616. The largest absolute Gasteiger partial charge is 0.468 e. The van der Waals surface area contributed by atoms with E-state index in [9.17, 15) is 19.1 Å². The third-order valence-electron chi connectivity index (χ3n) is 4.34. The Morgan fingerprint density at radius 1 is 1.43 bits per heavy atom. The number of nitrogens with one attached hydrogen (secondary N) is 1. The Morgan fingerprint density at radius 2 is 2.19 bits per heavy atom. The van der Waals surface area contributed by atoms with Crippen LogP contribution in [-0.2, 0) is 20.7 Å². The van der Waals surface area contributed by atoms with E-state index in [1.165, 1.54) is 13.2 Å². The van der Waals surface area contributed by atoms with Crippen LogP contribution >= 0.6 is 0 Å². The maximum atomic E-state index is 14.3. The van der Waals surface area contributed by atoms with Crippen molar-refractivity contribution in [3.8, 4) is 0 Å². The number of benzene rings is 1. The van der Waals surface area contributed by atoms with E-state index < -0.39 is 35.6 Å². The molecule has 1 aliphatic carbocycles. The fourth-order valence-electron chi connectivity index (χ4n) is 3.22. The van der Waals surface area contributed by atoms with E-state index in [0.717, 1.165) is 5.56 Å². The zero-order valence-electron chi connectivity index (χ0n) is 11.6. The maximum absolute atomic E-state index is 14.3. The molecule has 1 aliphatic heterocycles. The number of methoxy groups -OCH3 is 1. The Morgan fingerprint density at radius 3 is 2.90 bits per heavy atom. The molecule has 1 aromatic carbocycles. The number of rotatable bonds is 2. The molecule has 2 aliphatic rings. The molecule has 2 N–H and O–H groups in total. The summed E-state index contributed by atoms with van der Waals surface area (Å²) in [4.78, 5) is 23.5. The van der Waals surface area contributed by atoms with Crippen LogP contribution in [0.4, 0.5) is 4.39 Å². The van der Waals surface area contributed by atoms with E-state index in [1.54, 1.807) is 6.07 Å². The molecule has 21 heavy (non-hydrogen) atoms. The summed E-state index contributed by atoms with van der Waals surface area (Å²) in [6.07, 6.45) is 0.602. The molecule has 6 heteroatoms. The summed E-state index contributed by atoms with van der Waals surface area (Å²) in [5, 5.41) is 12.4. The molecule has 0 bridgehead atoms. The summed E-state index contributed by atoms with van der Waals surface area (Å²) in [6, 6.07) is 2.99. The molecule has 5 nitrogen and oxygen atoms in total. The molecular weight excluding hydrogens is 277 g/mol. The van der Waals surface area contributed by atoms with Gasteiger partial charge in [-0.1, -0.05) is 6.07 Å². The third-order valence-corrected chi connectivity index (χ3v) is 4.34. The average molecular weight is 293 g/mol. The van der Waals surface area contributed by atoms with Crippen LogP contribution in [0.15, 0.2) is 12.1 Å². The van der Waals surface area contributed by atoms with Crippen LogP contribution in [0, 0.1) is 11.7 Å². The van der Waals surface area contributed by atoms with Crippen molar-refractivity contribution >= 4 is 11.9 Å². The van der Waals surface area contributed by atoms with Gasteiger partial charge in [-0.05, 0) is 35.6 Å². The first-order valence-corrected chi connectivity index (χ1v) is 6.88. The summed E-state index contributed by atoms with van der Waals surface area (Å²) >= 11 is 0. The van der Waals surface area contributed by atoms with E-state index >= 15 is 0 Å². The van der Waals surface area contributed by atoms with Gasteiger partial charge in [0.05, 0.1) is 13.2 Å². The predicted octanol–water partition coefficient (Wildman–Crippen LogP) is 0.808. The number of esters is 1. The number of aryl methyl sites for hydroxylation is 1. The van der Waals surface area contributed by atoms with Gasteiger partial charge in [-0.3, -0.25) is 9.59 Å². The van der Waals surface area contributed by atoms with Gasteiger partial charge in [0.1, 0.15) is 11.7 Å². The zero-order valence-corrected chi connectivity index (χ0v) is 11.6. The minimum absolute atomic E-state index is 0.205. The van der Waals surface area contributed by atoms with Crippen molar-refractivity contribution in [2.75, 3.05) is 13.7 Å². The molecule has 112 valence electrons. The SMILES string of the molecule is COC(=O)[C@@H]1C(=O)NC[C@H]1c1cc2c(cc1F)C(O)CC2. The Balaban J connectivity index is 2.00. The van der Waals surface area contributed by atoms with Gasteiger partial charge in [-0.25, -0.2) is 4.39 Å². The molecule has 1 fully saturated rings. The Kier molecular flexibility index (Phi) is 3.41. The van der Waals surface area contributed by atoms with E-state index in [2.05, 4.69) is 10.1 Å². The number of carbonyl (C=O) groups is 2. The van der Waals surface area contributed by atoms with Crippen LogP contribution in [-0.4, -0.2) is 30.6 Å². The summed E-state index contributed by atoms with van der Waals surface area (Å²) in [7, 11) is 1.21. The van der Waals surface area contributed by atoms with Crippen molar-refractivity contribution in [1.82, 2.24) is 5.32 Å². The Hall–Kier alpha value is -1.95. The monoisotopic (exact) mass is 293 g/mol. The van der Waals surface area contributed by atoms with E-state index in [1.807, 2.05) is 0 Å². The molecule has 3 atom stereocenters. The third kappa shape index (κ3) is 2.19. The van der Waals surface area contributed by atoms with Crippen LogP contribution < -0.4 is 5.32 Å². The standard InChI is InChI=1S/C15H16FNO4/c1-21-15(20)13-10(6-17-14(13)19)9-4-7-2-3-12(18)8(7)5-11(9)16/h4-5,10,12-13,18H,2-3,6H2,1H3,(H,17,19)/t10-,12?,13-/m0/s1. The van der Waals surface area contributed by atoms with Crippen LogP contribution in [0.1, 0.15) is 35.1 Å². The molecule has 1 amide bonds. The predicted molar refractivity (Wildman–Crippen MR) is 70.9 cm³/mol. The highest BCUT2D eigenvalue weighted by molar-refractivity contribution is 6.00. The summed E-state index contributed by atoms with van der Waals surface area (Å²) in [6.45, 7) is 0.205. The van der Waals surface area contributed by atoms with Gasteiger partial charge < -0.3 is 15.2 Å². The number of hydrogen-bond donors (Lipinski definition) is 2. The van der Waals surface area contributed by atoms with Crippen molar-refractivity contribution in [3.05, 3.63) is 34.6 Å². The number of amides is 1. The first-order valence-electron chi connectivity index (χ1n) is 6.88. The summed E-state index contributed by atoms with van der Waals surface area (Å²) in [5.74, 6) is -3.19. The van der Waals surface area contributed by atoms with Crippen molar-refractivity contribution in [3.63, 3.8) is 0 Å². The molecule has 0 radical (unpaired) electrons. The van der Waals surface area contributed by atoms with Gasteiger partial charge in [0.15, 0.2) is 0 Å². The molecule has 0 spiro atoms. The molecule has 1 aromatic rings. The van der Waals surface area contributed by atoms with Gasteiger partial charge in [-0.15, -0.1) is 0 Å². The zero-order chi connectivity index (χ0) is 15.1. The molecule has 1 saturated heterocycles. The fraction of sp³-hybridized carbons (Fsp3) is 0.467. The second-order valence-corrected chi connectivity index (χ2v) is 5.48. The minimum atomic E-state index is -1.02. The van der Waals surface area contributed by atoms with Crippen molar-refractivity contribution < 1.29 is 23.8 Å². The number of aliphatic hydroxyl groups excluding tert-OH is 1. The number of halogens is 1. The van der Waals surface area contributed by atoms with Crippen LogP contribution in [0.25, 0.3) is 0 Å².